The number of benzene rings is 2. The summed E-state index contributed by atoms with van der Waals surface area (Å²) in [7, 11) is 1.59. The van der Waals surface area contributed by atoms with Gasteiger partial charge in [0.05, 0.1) is 7.11 Å². The van der Waals surface area contributed by atoms with Crippen LogP contribution in [-0.2, 0) is 0 Å². The molecule has 8 heteroatoms. The highest BCUT2D eigenvalue weighted by molar-refractivity contribution is 6.03. The molecule has 4 rings (SSSR count). The molecule has 0 aliphatic heterocycles. The molecule has 0 radical (unpaired) electrons. The number of carbonyl (C=O) groups excluding carboxylic acids is 1. The summed E-state index contributed by atoms with van der Waals surface area (Å²) in [5.41, 5.74) is 0.835. The van der Waals surface area contributed by atoms with Crippen LogP contribution >= 0.6 is 0 Å². The fraction of sp³-hybridized carbons (Fsp3) is 0.0526. The number of anilines is 1. The first-order chi connectivity index (χ1) is 13.1. The van der Waals surface area contributed by atoms with Crippen molar-refractivity contribution in [1.29, 1.82) is 0 Å². The molecular formula is C19H15N5O3. The van der Waals surface area contributed by atoms with E-state index >= 15 is 0 Å². The van der Waals surface area contributed by atoms with Gasteiger partial charge < -0.3 is 10.1 Å². The van der Waals surface area contributed by atoms with Crippen LogP contribution in [0.4, 0.5) is 5.82 Å². The number of nitrogens with one attached hydrogen (secondary N) is 2. The first-order valence-electron chi connectivity index (χ1n) is 8.15. The number of nitrogens with zero attached hydrogens (tertiary/aromatic N) is 3. The van der Waals surface area contributed by atoms with Crippen molar-refractivity contribution in [3.8, 4) is 17.1 Å². The molecular weight excluding hydrogens is 346 g/mol. The van der Waals surface area contributed by atoms with Crippen molar-refractivity contribution in [2.75, 3.05) is 12.4 Å². The lowest BCUT2D eigenvalue weighted by Gasteiger charge is -2.06. The third-order valence-corrected chi connectivity index (χ3v) is 3.96. The number of rotatable bonds is 4. The fourth-order valence-corrected chi connectivity index (χ4v) is 2.62. The maximum absolute atomic E-state index is 12.4. The Morgan fingerprint density at radius 3 is 2.56 bits per heavy atom. The molecule has 1 amide bonds. The zero-order valence-corrected chi connectivity index (χ0v) is 14.3. The maximum Gasteiger partial charge on any atom is 0.256 e. The Hall–Kier alpha value is -3.94. The number of amides is 1. The van der Waals surface area contributed by atoms with E-state index in [2.05, 4.69) is 20.4 Å². The number of methoxy groups -OCH3 is 1. The number of ether oxygens (including phenoxy) is 1. The SMILES string of the molecule is COc1ccc(-c2nc3[nH]c(=O)cc(NC(=O)c4ccccc4)n3n2)cc1. The monoisotopic (exact) mass is 361 g/mol. The molecule has 0 saturated carbocycles. The minimum Gasteiger partial charge on any atom is -0.497 e. The van der Waals surface area contributed by atoms with Crippen molar-refractivity contribution in [2.24, 2.45) is 0 Å². The molecule has 0 aliphatic rings. The molecule has 0 aliphatic carbocycles. The Labute approximate surface area is 153 Å². The summed E-state index contributed by atoms with van der Waals surface area (Å²) in [4.78, 5) is 31.3. The third-order valence-electron chi connectivity index (χ3n) is 3.96. The Bertz CT molecular complexity index is 1160. The highest BCUT2D eigenvalue weighted by Gasteiger charge is 2.14. The van der Waals surface area contributed by atoms with Crippen LogP contribution in [0.1, 0.15) is 10.4 Å². The number of H-pyrrole nitrogens is 1. The number of carbonyl (C=O) groups is 1. The van der Waals surface area contributed by atoms with Crippen molar-refractivity contribution in [2.45, 2.75) is 0 Å². The van der Waals surface area contributed by atoms with Crippen molar-refractivity contribution in [3.63, 3.8) is 0 Å². The Balaban J connectivity index is 1.73. The van der Waals surface area contributed by atoms with Crippen molar-refractivity contribution >= 4 is 17.5 Å². The normalized spacial score (nSPS) is 10.7. The lowest BCUT2D eigenvalue weighted by molar-refractivity contribution is 0.102. The van der Waals surface area contributed by atoms with E-state index in [1.165, 1.54) is 10.6 Å². The van der Waals surface area contributed by atoms with Gasteiger partial charge in [-0.25, -0.2) is 0 Å². The lowest BCUT2D eigenvalue weighted by Crippen LogP contribution is -2.18. The number of aromatic nitrogens is 4. The van der Waals surface area contributed by atoms with Gasteiger partial charge in [0, 0.05) is 17.2 Å². The second-order valence-electron chi connectivity index (χ2n) is 5.74. The molecule has 2 N–H and O–H groups in total. The molecule has 0 spiro atoms. The van der Waals surface area contributed by atoms with Gasteiger partial charge in [-0.2, -0.15) is 9.50 Å². The van der Waals surface area contributed by atoms with Gasteiger partial charge in [0.25, 0.3) is 11.5 Å². The first-order valence-corrected chi connectivity index (χ1v) is 8.15. The minimum atomic E-state index is -0.389. The summed E-state index contributed by atoms with van der Waals surface area (Å²) in [5, 5.41) is 7.11. The molecule has 0 bridgehead atoms. The van der Waals surface area contributed by atoms with Crippen molar-refractivity contribution in [3.05, 3.63) is 76.6 Å². The molecule has 0 saturated heterocycles. The summed E-state index contributed by atoms with van der Waals surface area (Å²) < 4.78 is 6.53. The second-order valence-corrected chi connectivity index (χ2v) is 5.74. The molecule has 2 aromatic carbocycles. The van der Waals surface area contributed by atoms with Gasteiger partial charge in [-0.15, -0.1) is 5.10 Å². The smallest absolute Gasteiger partial charge is 0.256 e. The van der Waals surface area contributed by atoms with E-state index in [-0.39, 0.29) is 23.1 Å². The summed E-state index contributed by atoms with van der Waals surface area (Å²) in [6.07, 6.45) is 0. The molecule has 0 fully saturated rings. The fourth-order valence-electron chi connectivity index (χ4n) is 2.62. The number of hydrogen-bond acceptors (Lipinski definition) is 5. The molecule has 134 valence electrons. The molecule has 2 aromatic heterocycles. The van der Waals surface area contributed by atoms with Crippen LogP contribution in [0.25, 0.3) is 17.2 Å². The highest BCUT2D eigenvalue weighted by atomic mass is 16.5. The molecule has 27 heavy (non-hydrogen) atoms. The zero-order chi connectivity index (χ0) is 18.8. The van der Waals surface area contributed by atoms with E-state index in [0.29, 0.717) is 17.1 Å². The summed E-state index contributed by atoms with van der Waals surface area (Å²) in [6.45, 7) is 0. The van der Waals surface area contributed by atoms with E-state index in [4.69, 9.17) is 4.74 Å². The van der Waals surface area contributed by atoms with Crippen LogP contribution in [-0.4, -0.2) is 32.6 Å². The summed E-state index contributed by atoms with van der Waals surface area (Å²) >= 11 is 0. The summed E-state index contributed by atoms with van der Waals surface area (Å²) in [6, 6.07) is 17.2. The van der Waals surface area contributed by atoms with E-state index < -0.39 is 0 Å². The number of fused-ring (bicyclic) bond motifs is 1. The van der Waals surface area contributed by atoms with Crippen LogP contribution in [0, 0.1) is 0 Å². The largest absolute Gasteiger partial charge is 0.497 e. The van der Waals surface area contributed by atoms with Gasteiger partial charge in [0.2, 0.25) is 5.78 Å². The van der Waals surface area contributed by atoms with Crippen molar-refractivity contribution in [1.82, 2.24) is 19.6 Å². The Morgan fingerprint density at radius 1 is 1.11 bits per heavy atom. The van der Waals surface area contributed by atoms with Gasteiger partial charge in [0.15, 0.2) is 5.82 Å². The molecule has 0 unspecified atom stereocenters. The Morgan fingerprint density at radius 2 is 1.85 bits per heavy atom. The average Bonchev–Trinajstić information content (AvgIpc) is 3.13. The number of hydrogen-bond donors (Lipinski definition) is 2. The van der Waals surface area contributed by atoms with E-state index in [0.717, 1.165) is 5.56 Å². The third kappa shape index (κ3) is 3.28. The highest BCUT2D eigenvalue weighted by Crippen LogP contribution is 2.20. The Kier molecular flexibility index (Phi) is 4.13. The molecule has 2 heterocycles. The van der Waals surface area contributed by atoms with E-state index in [1.807, 2.05) is 18.2 Å². The van der Waals surface area contributed by atoms with E-state index in [1.54, 1.807) is 43.5 Å². The predicted molar refractivity (Wildman–Crippen MR) is 100.0 cm³/mol. The van der Waals surface area contributed by atoms with Crippen molar-refractivity contribution < 1.29 is 9.53 Å². The van der Waals surface area contributed by atoms with Gasteiger partial charge in [0.1, 0.15) is 11.6 Å². The molecule has 8 nitrogen and oxygen atoms in total. The quantitative estimate of drug-likeness (QED) is 0.581. The average molecular weight is 361 g/mol. The van der Waals surface area contributed by atoms with Gasteiger partial charge in [-0.05, 0) is 36.4 Å². The van der Waals surface area contributed by atoms with Crippen LogP contribution in [0.5, 0.6) is 5.75 Å². The van der Waals surface area contributed by atoms with Crippen LogP contribution in [0.3, 0.4) is 0 Å². The van der Waals surface area contributed by atoms with Crippen LogP contribution in [0.15, 0.2) is 65.5 Å². The van der Waals surface area contributed by atoms with Gasteiger partial charge in [-0.1, -0.05) is 18.2 Å². The second kappa shape index (κ2) is 6.75. The zero-order valence-electron chi connectivity index (χ0n) is 14.3. The number of aromatic amines is 1. The topological polar surface area (TPSA) is 101 Å². The van der Waals surface area contributed by atoms with Gasteiger partial charge >= 0.3 is 0 Å². The standard InChI is InChI=1S/C19H15N5O3/c1-27-14-9-7-12(8-10-14)17-22-19-21-16(25)11-15(24(19)23-17)20-18(26)13-5-3-2-4-6-13/h2-11H,1H3,(H,20,26)(H,21,22,23,25). The van der Waals surface area contributed by atoms with Crippen LogP contribution in [0.2, 0.25) is 0 Å². The van der Waals surface area contributed by atoms with Gasteiger partial charge in [-0.3, -0.25) is 14.6 Å². The first kappa shape index (κ1) is 16.5. The predicted octanol–water partition coefficient (Wildman–Crippen LogP) is 2.35. The van der Waals surface area contributed by atoms with E-state index in [9.17, 15) is 9.59 Å². The maximum atomic E-state index is 12.4. The summed E-state index contributed by atoms with van der Waals surface area (Å²) in [5.74, 6) is 1.25. The minimum absolute atomic E-state index is 0.231. The van der Waals surface area contributed by atoms with Crippen LogP contribution < -0.4 is 15.6 Å². The molecule has 4 aromatic rings. The molecule has 0 atom stereocenters. The lowest BCUT2D eigenvalue weighted by atomic mass is 10.2.